The molecule has 5 heteroatoms. The molecule has 5 aromatic heterocycles. The van der Waals surface area contributed by atoms with E-state index in [1.54, 1.807) is 0 Å². The molecule has 0 unspecified atom stereocenters. The molecule has 121 heavy (non-hydrogen) atoms. The minimum atomic E-state index is 0.0779. The highest BCUT2D eigenvalue weighted by atomic mass is 16.3. The van der Waals surface area contributed by atoms with Crippen molar-refractivity contribution < 1.29 is 22.1 Å². The summed E-state index contributed by atoms with van der Waals surface area (Å²) >= 11 is 0. The lowest BCUT2D eigenvalue weighted by Gasteiger charge is -2.22. The van der Waals surface area contributed by atoms with Gasteiger partial charge in [0.2, 0.25) is 0 Å². The van der Waals surface area contributed by atoms with Crippen molar-refractivity contribution in [3.05, 3.63) is 351 Å². The van der Waals surface area contributed by atoms with E-state index in [1.165, 1.54) is 130 Å². The van der Waals surface area contributed by atoms with E-state index in [2.05, 4.69) is 363 Å². The number of benzene rings is 22. The standard InChI is InChI=1S/C64H46O2.C52H28O3/c1-63(2,3)45-27-41-9-7-35-11-19-47(49-21-13-43(29-45)59(41)61(35)49)39-17-25-57-53(33-39)51-31-37(15-23-55(51)65-57)38-16-24-56-52(32-38)54-34-40(18-26-58(54)66-56)48-20-12-36-8-10-42-28-46(64(4,5)6)30-44-14-22-50(48)62(36)60(42)44;1-4-19-45-31(10-1)38-14-7-13-37(50(38)53-45)30-24-22-29-23-25-35-43(41-17-8-15-39-32-11-2-5-20-46(32)54-51(39)41)28-44(36-27-26-34(30)48(29)49(35)36)42-18-9-16-40-33-12-3-6-21-47(33)55-52(40)42/h7-34H,1-6H3;1-28H. The first kappa shape index (κ1) is 68.1. The van der Waals surface area contributed by atoms with Crippen LogP contribution in [-0.2, 0) is 10.8 Å². The lowest BCUT2D eigenvalue weighted by Crippen LogP contribution is -2.10. The van der Waals surface area contributed by atoms with Gasteiger partial charge in [-0.3, -0.25) is 0 Å². The van der Waals surface area contributed by atoms with Crippen molar-refractivity contribution in [2.24, 2.45) is 0 Å². The van der Waals surface area contributed by atoms with Crippen LogP contribution in [0.5, 0.6) is 0 Å². The number of hydrogen-bond acceptors (Lipinski definition) is 5. The Balaban J connectivity index is 0.000000133. The van der Waals surface area contributed by atoms with Crippen molar-refractivity contribution in [1.29, 1.82) is 0 Å². The fraction of sp³-hybridized carbons (Fsp3) is 0.0690. The smallest absolute Gasteiger partial charge is 0.143 e. The van der Waals surface area contributed by atoms with E-state index in [4.69, 9.17) is 22.1 Å². The second kappa shape index (κ2) is 24.8. The molecule has 0 spiro atoms. The third kappa shape index (κ3) is 10.0. The first-order chi connectivity index (χ1) is 59.2. The molecule has 0 fully saturated rings. The zero-order valence-corrected chi connectivity index (χ0v) is 67.4. The zero-order valence-electron chi connectivity index (χ0n) is 67.4. The molecule has 0 saturated heterocycles. The molecule has 27 aromatic rings. The normalized spacial score (nSPS) is 12.7. The van der Waals surface area contributed by atoms with Gasteiger partial charge in [-0.05, 0) is 242 Å². The van der Waals surface area contributed by atoms with E-state index in [1.807, 2.05) is 18.2 Å². The minimum absolute atomic E-state index is 0.0779. The molecule has 0 aliphatic heterocycles. The van der Waals surface area contributed by atoms with Gasteiger partial charge in [-0.25, -0.2) is 0 Å². The van der Waals surface area contributed by atoms with Gasteiger partial charge in [0, 0.05) is 70.6 Å². The number of hydrogen-bond donors (Lipinski definition) is 0. The Bertz CT molecular complexity index is 8670. The van der Waals surface area contributed by atoms with Gasteiger partial charge in [0.1, 0.15) is 55.8 Å². The Kier molecular flexibility index (Phi) is 13.9. The van der Waals surface area contributed by atoms with Crippen LogP contribution in [0.4, 0.5) is 0 Å². The molecule has 5 heterocycles. The quantitative estimate of drug-likeness (QED) is 0.155. The topological polar surface area (TPSA) is 65.7 Å². The van der Waals surface area contributed by atoms with Gasteiger partial charge in [0.25, 0.3) is 0 Å². The molecule has 0 amide bonds. The van der Waals surface area contributed by atoms with Gasteiger partial charge < -0.3 is 22.1 Å². The summed E-state index contributed by atoms with van der Waals surface area (Å²) in [7, 11) is 0. The Morgan fingerprint density at radius 1 is 0.157 bits per heavy atom. The second-order valence-electron chi connectivity index (χ2n) is 35.6. The lowest BCUT2D eigenvalue weighted by molar-refractivity contribution is 0.591. The van der Waals surface area contributed by atoms with E-state index in [0.29, 0.717) is 0 Å². The molecule has 0 bridgehead atoms. The molecule has 27 rings (SSSR count). The molecule has 0 aliphatic carbocycles. The minimum Gasteiger partial charge on any atom is -0.456 e. The summed E-state index contributed by atoms with van der Waals surface area (Å²) in [5, 5.41) is 34.1. The first-order valence-electron chi connectivity index (χ1n) is 42.0. The van der Waals surface area contributed by atoms with Crippen LogP contribution < -0.4 is 0 Å². The van der Waals surface area contributed by atoms with Crippen LogP contribution in [0.15, 0.2) is 362 Å². The summed E-state index contributed by atoms with van der Waals surface area (Å²) in [4.78, 5) is 0. The molecular weight excluding hydrogens is 1470 g/mol. The van der Waals surface area contributed by atoms with Crippen LogP contribution in [-0.4, -0.2) is 0 Å². The summed E-state index contributed by atoms with van der Waals surface area (Å²) in [6, 6.07) is 124. The molecule has 568 valence electrons. The largest absolute Gasteiger partial charge is 0.456 e. The first-order valence-corrected chi connectivity index (χ1v) is 42.0. The summed E-state index contributed by atoms with van der Waals surface area (Å²) in [6.45, 7) is 13.8. The predicted octanol–water partition coefficient (Wildman–Crippen LogP) is 34.2. The molecule has 5 nitrogen and oxygen atoms in total. The molecule has 0 N–H and O–H groups in total. The third-order valence-corrected chi connectivity index (χ3v) is 26.7. The fourth-order valence-corrected chi connectivity index (χ4v) is 20.7. The van der Waals surface area contributed by atoms with E-state index in [0.717, 1.165) is 154 Å². The van der Waals surface area contributed by atoms with Crippen molar-refractivity contribution in [3.8, 4) is 66.8 Å². The van der Waals surface area contributed by atoms with Gasteiger partial charge in [-0.1, -0.05) is 308 Å². The van der Waals surface area contributed by atoms with Crippen LogP contribution >= 0.6 is 0 Å². The lowest BCUT2D eigenvalue weighted by atomic mass is 9.82. The third-order valence-electron chi connectivity index (χ3n) is 26.7. The molecule has 0 aliphatic rings. The van der Waals surface area contributed by atoms with Gasteiger partial charge >= 0.3 is 0 Å². The van der Waals surface area contributed by atoms with Crippen LogP contribution in [0.2, 0.25) is 0 Å². The summed E-state index contributed by atoms with van der Waals surface area (Å²) in [6.07, 6.45) is 0. The maximum atomic E-state index is 6.70. The summed E-state index contributed by atoms with van der Waals surface area (Å²) < 4.78 is 33.0. The highest BCUT2D eigenvalue weighted by Crippen LogP contribution is 2.53. The van der Waals surface area contributed by atoms with Crippen LogP contribution in [0.3, 0.4) is 0 Å². The van der Waals surface area contributed by atoms with Crippen LogP contribution in [0.25, 0.3) is 273 Å². The maximum Gasteiger partial charge on any atom is 0.143 e. The fourth-order valence-electron chi connectivity index (χ4n) is 20.7. The highest BCUT2D eigenvalue weighted by molar-refractivity contribution is 6.33. The average molecular weight is 1550 g/mol. The Labute approximate surface area is 694 Å². The average Bonchev–Trinajstić information content (AvgIpc) is 1.69. The van der Waals surface area contributed by atoms with Crippen molar-refractivity contribution in [1.82, 2.24) is 0 Å². The summed E-state index contributed by atoms with van der Waals surface area (Å²) in [5.41, 5.74) is 25.6. The SMILES string of the molecule is CC(C)(C)c1cc2ccc3ccc(-c4ccc5oc6ccc(-c7ccc8oc9ccc(-c%10ccc%11ccc%12cc(C(C)(C)C)cc%13ccc%10c%11c%12%13)cc9c8c7)cc6c5c4)c4ccc(c1)c2c34.c1ccc2c(c1)oc1c(-c3ccc4ccc5c(-c6cccc7c6oc6ccccc67)cc(-c6cccc7c6oc6ccccc67)c6ccc3c4c56)cccc12. The Hall–Kier alpha value is -15.0. The number of furan rings is 5. The number of rotatable bonds is 6. The van der Waals surface area contributed by atoms with Gasteiger partial charge in [0.15, 0.2) is 0 Å². The van der Waals surface area contributed by atoms with E-state index in [-0.39, 0.29) is 10.8 Å². The second-order valence-corrected chi connectivity index (χ2v) is 35.6. The van der Waals surface area contributed by atoms with Gasteiger partial charge in [-0.15, -0.1) is 0 Å². The zero-order chi connectivity index (χ0) is 80.2. The molecule has 22 aromatic carbocycles. The molecular formula is C116H74O5. The molecule has 0 saturated carbocycles. The van der Waals surface area contributed by atoms with Gasteiger partial charge in [-0.2, -0.15) is 0 Å². The van der Waals surface area contributed by atoms with Crippen molar-refractivity contribution in [2.45, 2.75) is 52.4 Å². The van der Waals surface area contributed by atoms with Crippen molar-refractivity contribution in [3.63, 3.8) is 0 Å². The predicted molar refractivity (Wildman–Crippen MR) is 510 cm³/mol. The van der Waals surface area contributed by atoms with Crippen LogP contribution in [0.1, 0.15) is 52.7 Å². The Morgan fingerprint density at radius 2 is 0.438 bits per heavy atom. The van der Waals surface area contributed by atoms with Gasteiger partial charge in [0.05, 0.1) is 0 Å². The monoisotopic (exact) mass is 1550 g/mol. The summed E-state index contributed by atoms with van der Waals surface area (Å²) in [5.74, 6) is 0. The molecule has 0 radical (unpaired) electrons. The maximum absolute atomic E-state index is 6.70. The van der Waals surface area contributed by atoms with Crippen LogP contribution in [0, 0.1) is 0 Å². The number of fused-ring (bicyclic) bond motifs is 15. The van der Waals surface area contributed by atoms with E-state index >= 15 is 0 Å². The highest BCUT2D eigenvalue weighted by Gasteiger charge is 2.27. The molecule has 0 atom stereocenters. The van der Waals surface area contributed by atoms with Crippen molar-refractivity contribution in [2.75, 3.05) is 0 Å². The van der Waals surface area contributed by atoms with E-state index < -0.39 is 0 Å². The Morgan fingerprint density at radius 3 is 0.835 bits per heavy atom. The number of para-hydroxylation sites is 6. The van der Waals surface area contributed by atoms with Crippen molar-refractivity contribution >= 4 is 207 Å². The van der Waals surface area contributed by atoms with E-state index in [9.17, 15) is 0 Å².